The second-order valence-electron chi connectivity index (χ2n) is 8.89. The Labute approximate surface area is 215 Å². The number of halogens is 1. The smallest absolute Gasteiger partial charge is 0.286 e. The molecule has 200 valence electrons. The molecule has 0 spiro atoms. The van der Waals surface area contributed by atoms with Crippen LogP contribution in [-0.2, 0) is 24.3 Å². The number of rotatable bonds is 12. The lowest BCUT2D eigenvalue weighted by Crippen LogP contribution is -2.38. The van der Waals surface area contributed by atoms with Gasteiger partial charge in [0.05, 0.1) is 25.2 Å². The molecule has 2 atom stereocenters. The number of hydrogen-bond donors (Lipinski definition) is 2. The molecule has 1 heterocycles. The van der Waals surface area contributed by atoms with Crippen molar-refractivity contribution >= 4 is 15.9 Å². The Morgan fingerprint density at radius 2 is 1.84 bits per heavy atom. The first-order chi connectivity index (χ1) is 17.8. The van der Waals surface area contributed by atoms with Crippen molar-refractivity contribution in [3.63, 3.8) is 0 Å². The first kappa shape index (κ1) is 27.1. The third kappa shape index (κ3) is 7.07. The van der Waals surface area contributed by atoms with Gasteiger partial charge < -0.3 is 24.6 Å². The zero-order valence-electron chi connectivity index (χ0n) is 20.5. The highest BCUT2D eigenvalue weighted by Gasteiger charge is 2.32. The quantitative estimate of drug-likeness (QED) is 0.430. The fourth-order valence-corrected chi connectivity index (χ4v) is 5.41. The third-order valence-electron chi connectivity index (χ3n) is 6.18. The van der Waals surface area contributed by atoms with Crippen molar-refractivity contribution < 1.29 is 36.9 Å². The van der Waals surface area contributed by atoms with Gasteiger partial charge in [-0.05, 0) is 60.9 Å². The number of carbonyl (C=O) groups excluding carboxylic acids is 1. The normalized spacial score (nSPS) is 19.7. The van der Waals surface area contributed by atoms with E-state index >= 15 is 0 Å². The molecule has 0 unspecified atom stereocenters. The van der Waals surface area contributed by atoms with Crippen LogP contribution in [0.3, 0.4) is 0 Å². The largest absolute Gasteiger partial charge is 0.497 e. The average Bonchev–Trinajstić information content (AvgIpc) is 3.72. The number of allylic oxidation sites excluding steroid dienone is 1. The summed E-state index contributed by atoms with van der Waals surface area (Å²) < 4.78 is 57.6. The summed E-state index contributed by atoms with van der Waals surface area (Å²) in [7, 11) is -2.40. The minimum atomic E-state index is -3.89. The van der Waals surface area contributed by atoms with Gasteiger partial charge in [0.25, 0.3) is 5.91 Å². The van der Waals surface area contributed by atoms with E-state index in [1.807, 2.05) is 0 Å². The molecule has 1 fully saturated rings. The summed E-state index contributed by atoms with van der Waals surface area (Å²) in [5.41, 5.74) is 0.805. The number of hydrogen-bond acceptors (Lipinski definition) is 7. The summed E-state index contributed by atoms with van der Waals surface area (Å²) in [6.45, 7) is -0.552. The van der Waals surface area contributed by atoms with E-state index in [4.69, 9.17) is 14.2 Å². The van der Waals surface area contributed by atoms with Gasteiger partial charge >= 0.3 is 0 Å². The summed E-state index contributed by atoms with van der Waals surface area (Å²) in [5, 5.41) is 12.4. The molecule has 2 aromatic rings. The van der Waals surface area contributed by atoms with Gasteiger partial charge in [0.1, 0.15) is 11.6 Å². The maximum absolute atomic E-state index is 13.4. The molecular weight excluding hydrogens is 503 g/mol. The van der Waals surface area contributed by atoms with Gasteiger partial charge in [-0.25, -0.2) is 12.8 Å². The molecule has 0 aromatic heterocycles. The second kappa shape index (κ2) is 12.0. The lowest BCUT2D eigenvalue weighted by atomic mass is 9.93. The molecule has 11 heteroatoms. The van der Waals surface area contributed by atoms with Gasteiger partial charge in [-0.3, -0.25) is 4.79 Å². The van der Waals surface area contributed by atoms with Gasteiger partial charge in [-0.1, -0.05) is 12.1 Å². The van der Waals surface area contributed by atoms with Crippen LogP contribution in [0, 0.1) is 5.82 Å². The van der Waals surface area contributed by atoms with Crippen LogP contribution in [0.4, 0.5) is 4.39 Å². The van der Waals surface area contributed by atoms with E-state index in [0.717, 1.165) is 22.7 Å². The van der Waals surface area contributed by atoms with E-state index < -0.39 is 16.3 Å². The highest BCUT2D eigenvalue weighted by molar-refractivity contribution is 7.89. The topological polar surface area (TPSA) is 114 Å². The predicted octanol–water partition coefficient (Wildman–Crippen LogP) is 2.53. The Bertz CT molecular complexity index is 1200. The molecule has 4 rings (SSSR count). The van der Waals surface area contributed by atoms with Gasteiger partial charge in [0.2, 0.25) is 16.3 Å². The number of amides is 1. The van der Waals surface area contributed by atoms with Gasteiger partial charge in [0.15, 0.2) is 5.76 Å². The van der Waals surface area contributed by atoms with Crippen molar-refractivity contribution in [3.8, 4) is 5.75 Å². The molecule has 9 nitrogen and oxygen atoms in total. The maximum atomic E-state index is 13.4. The number of sulfonamides is 1. The zero-order valence-corrected chi connectivity index (χ0v) is 21.3. The van der Waals surface area contributed by atoms with Crippen molar-refractivity contribution in [2.24, 2.45) is 0 Å². The van der Waals surface area contributed by atoms with Crippen molar-refractivity contribution in [3.05, 3.63) is 71.7 Å². The lowest BCUT2D eigenvalue weighted by molar-refractivity contribution is -0.146. The average molecular weight is 535 g/mol. The first-order valence-corrected chi connectivity index (χ1v) is 13.6. The van der Waals surface area contributed by atoms with E-state index in [1.54, 1.807) is 30.3 Å². The van der Waals surface area contributed by atoms with E-state index in [2.05, 4.69) is 5.32 Å². The number of benzene rings is 2. The molecule has 2 aromatic carbocycles. The van der Waals surface area contributed by atoms with Crippen molar-refractivity contribution in [1.82, 2.24) is 9.62 Å². The number of aliphatic hydroxyl groups is 1. The van der Waals surface area contributed by atoms with Gasteiger partial charge in [0, 0.05) is 31.5 Å². The van der Waals surface area contributed by atoms with E-state index in [1.165, 1.54) is 31.4 Å². The molecule has 0 radical (unpaired) electrons. The van der Waals surface area contributed by atoms with Crippen LogP contribution in [0.1, 0.15) is 30.7 Å². The summed E-state index contributed by atoms with van der Waals surface area (Å²) in [5.74, 6) is -0.310. The first-order valence-electron chi connectivity index (χ1n) is 12.1. The standard InChI is InChI=1S/C26H31FN2O7S/c1-34-22-8-10-23(11-9-22)37(32,33)29(12-14-30)13-15-35-25-17-19(18-2-4-20(27)5-3-18)16-24(36-25)26(31)28-21-6-7-21/h2-5,8-11,16,19,21,25,30H,6-7,12-15,17H2,1H3,(H,28,31)/t19-,25+/m0/s1. The van der Waals surface area contributed by atoms with Crippen LogP contribution in [0.5, 0.6) is 5.75 Å². The Balaban J connectivity index is 1.43. The molecule has 0 saturated heterocycles. The molecule has 1 saturated carbocycles. The summed E-state index contributed by atoms with van der Waals surface area (Å²) in [4.78, 5) is 12.7. The number of carbonyl (C=O) groups is 1. The van der Waals surface area contributed by atoms with Gasteiger partial charge in [-0.2, -0.15) is 4.31 Å². The molecular formula is C26H31FN2O7S. The Morgan fingerprint density at radius 3 is 2.46 bits per heavy atom. The minimum Gasteiger partial charge on any atom is -0.497 e. The number of ether oxygens (including phenoxy) is 3. The lowest BCUT2D eigenvalue weighted by Gasteiger charge is -2.30. The Morgan fingerprint density at radius 1 is 1.14 bits per heavy atom. The number of nitrogens with one attached hydrogen (secondary N) is 1. The highest BCUT2D eigenvalue weighted by atomic mass is 32.2. The van der Waals surface area contributed by atoms with E-state index in [0.29, 0.717) is 12.2 Å². The van der Waals surface area contributed by atoms with Crippen LogP contribution < -0.4 is 10.1 Å². The molecule has 37 heavy (non-hydrogen) atoms. The van der Waals surface area contributed by atoms with Gasteiger partial charge in [-0.15, -0.1) is 0 Å². The van der Waals surface area contributed by atoms with Crippen LogP contribution in [-0.4, -0.2) is 69.5 Å². The van der Waals surface area contributed by atoms with Crippen molar-refractivity contribution in [2.45, 2.75) is 42.4 Å². The van der Waals surface area contributed by atoms with Crippen LogP contribution in [0.15, 0.2) is 65.3 Å². The predicted molar refractivity (Wildman–Crippen MR) is 133 cm³/mol. The number of nitrogens with zero attached hydrogens (tertiary/aromatic N) is 1. The van der Waals surface area contributed by atoms with Crippen LogP contribution >= 0.6 is 0 Å². The fourth-order valence-electron chi connectivity index (χ4n) is 3.99. The number of aliphatic hydroxyl groups excluding tert-OH is 1. The molecule has 1 aliphatic carbocycles. The van der Waals surface area contributed by atoms with E-state index in [-0.39, 0.29) is 60.6 Å². The van der Waals surface area contributed by atoms with Crippen LogP contribution in [0.25, 0.3) is 0 Å². The number of methoxy groups -OCH3 is 1. The summed E-state index contributed by atoms with van der Waals surface area (Å²) >= 11 is 0. The second-order valence-corrected chi connectivity index (χ2v) is 10.8. The maximum Gasteiger partial charge on any atom is 0.286 e. The molecule has 2 N–H and O–H groups in total. The molecule has 1 amide bonds. The van der Waals surface area contributed by atoms with Crippen LogP contribution in [0.2, 0.25) is 0 Å². The Hall–Kier alpha value is -2.99. The Kier molecular flexibility index (Phi) is 8.80. The fraction of sp³-hybridized carbons (Fsp3) is 0.423. The highest BCUT2D eigenvalue weighted by Crippen LogP contribution is 2.32. The third-order valence-corrected chi connectivity index (χ3v) is 8.10. The minimum absolute atomic E-state index is 0.0340. The SMILES string of the molecule is COc1ccc(S(=O)(=O)N(CCO)CCO[C@H]2C[C@@H](c3ccc(F)cc3)C=C(C(=O)NC3CC3)O2)cc1. The molecule has 1 aliphatic heterocycles. The monoisotopic (exact) mass is 534 g/mol. The zero-order chi connectivity index (χ0) is 26.4. The molecule has 2 aliphatic rings. The van der Waals surface area contributed by atoms with Crippen molar-refractivity contribution in [2.75, 3.05) is 33.4 Å². The molecule has 0 bridgehead atoms. The van der Waals surface area contributed by atoms with Crippen molar-refractivity contribution in [1.29, 1.82) is 0 Å². The van der Waals surface area contributed by atoms with E-state index in [9.17, 15) is 22.7 Å². The summed E-state index contributed by atoms with van der Waals surface area (Å²) in [6.07, 6.45) is 3.08. The summed E-state index contributed by atoms with van der Waals surface area (Å²) in [6, 6.07) is 12.1.